The van der Waals surface area contributed by atoms with Gasteiger partial charge in [-0.2, -0.15) is 0 Å². The fraction of sp³-hybridized carbons (Fsp3) is 0.696. The van der Waals surface area contributed by atoms with Crippen molar-refractivity contribution in [1.29, 1.82) is 0 Å². The van der Waals surface area contributed by atoms with Crippen molar-refractivity contribution < 1.29 is 84.3 Å². The minimum atomic E-state index is -1.09. The monoisotopic (exact) mass is 685 g/mol. The Balaban J connectivity index is 0.00000722. The van der Waals surface area contributed by atoms with Crippen LogP contribution in [0.25, 0.3) is 0 Å². The summed E-state index contributed by atoms with van der Waals surface area (Å²) in [6.45, 7) is 0.0343. The molecule has 0 aromatic heterocycles. The molecule has 0 unspecified atom stereocenters. The average molecular weight is 685 g/mol. The number of carboxylic acids is 4. The SMILES string of the molecule is O=C(O)CN1/C=C\N(CC(=O)O)CCN(CC(=O)N(CC(=O)O)C2CCCC2)CCN(CC(=O)O)CC1.[Gd]. The van der Waals surface area contributed by atoms with Crippen LogP contribution in [0.15, 0.2) is 12.4 Å². The van der Waals surface area contributed by atoms with Gasteiger partial charge in [0.15, 0.2) is 0 Å². The summed E-state index contributed by atoms with van der Waals surface area (Å²) in [5.41, 5.74) is 0. The molecule has 0 aromatic carbocycles. The van der Waals surface area contributed by atoms with Gasteiger partial charge < -0.3 is 35.1 Å². The number of carbonyl (C=O) groups excluding carboxylic acids is 1. The van der Waals surface area contributed by atoms with Gasteiger partial charge in [0, 0.05) is 97.7 Å². The van der Waals surface area contributed by atoms with Crippen molar-refractivity contribution in [1.82, 2.24) is 24.5 Å². The standard InChI is InChI=1S/C23H37N5O9.Gd/c29-19(28(17-23(36)37)18-3-1-2-4-18)13-24-5-7-25(14-20(30)31)9-11-27(16-22(34)35)12-10-26(8-6-24)15-21(32)33;/h9,11,18H,1-8,10,12-17H2,(H,30,31)(H,32,33)(H,34,35)(H,36,37);/b11-9-;. The number of aliphatic carboxylic acids is 4. The molecule has 0 saturated heterocycles. The van der Waals surface area contributed by atoms with E-state index < -0.39 is 30.4 Å². The molecule has 14 nitrogen and oxygen atoms in total. The van der Waals surface area contributed by atoms with Crippen molar-refractivity contribution >= 4 is 29.8 Å². The summed E-state index contributed by atoms with van der Waals surface area (Å²) in [7, 11) is 0. The summed E-state index contributed by atoms with van der Waals surface area (Å²) in [5, 5.41) is 37.2. The molecular weight excluding hydrogens is 648 g/mol. The van der Waals surface area contributed by atoms with Crippen molar-refractivity contribution in [3.63, 3.8) is 0 Å². The van der Waals surface area contributed by atoms with Crippen LogP contribution in [0.4, 0.5) is 0 Å². The molecule has 0 spiro atoms. The van der Waals surface area contributed by atoms with E-state index in [1.54, 1.807) is 9.80 Å². The second kappa shape index (κ2) is 17.5. The van der Waals surface area contributed by atoms with E-state index in [0.29, 0.717) is 0 Å². The minimum absolute atomic E-state index is 0. The largest absolute Gasteiger partial charge is 0.480 e. The van der Waals surface area contributed by atoms with Crippen molar-refractivity contribution in [2.75, 3.05) is 72.0 Å². The number of carbonyl (C=O) groups is 5. The van der Waals surface area contributed by atoms with Gasteiger partial charge in [0.25, 0.3) is 0 Å². The zero-order chi connectivity index (χ0) is 27.4. The Morgan fingerprint density at radius 1 is 0.632 bits per heavy atom. The van der Waals surface area contributed by atoms with E-state index in [0.717, 1.165) is 25.7 Å². The van der Waals surface area contributed by atoms with Crippen LogP contribution in [0.1, 0.15) is 25.7 Å². The van der Waals surface area contributed by atoms with Crippen LogP contribution in [0, 0.1) is 39.9 Å². The summed E-state index contributed by atoms with van der Waals surface area (Å²) in [6.07, 6.45) is 6.30. The smallest absolute Gasteiger partial charge is 0.323 e. The molecule has 0 atom stereocenters. The van der Waals surface area contributed by atoms with Gasteiger partial charge in [0.2, 0.25) is 5.91 Å². The number of amides is 1. The third-order valence-electron chi connectivity index (χ3n) is 6.41. The van der Waals surface area contributed by atoms with E-state index in [9.17, 15) is 44.4 Å². The maximum absolute atomic E-state index is 13.2. The summed E-state index contributed by atoms with van der Waals surface area (Å²) in [5.74, 6) is -4.63. The van der Waals surface area contributed by atoms with Crippen LogP contribution in [-0.2, 0) is 24.0 Å². The third kappa shape index (κ3) is 13.1. The first-order valence-corrected chi connectivity index (χ1v) is 12.3. The maximum atomic E-state index is 13.2. The van der Waals surface area contributed by atoms with Crippen LogP contribution >= 0.6 is 0 Å². The molecule has 4 N–H and O–H groups in total. The normalized spacial score (nSPS) is 19.1. The third-order valence-corrected chi connectivity index (χ3v) is 6.41. The molecule has 0 aromatic rings. The molecule has 1 aliphatic carbocycles. The first-order chi connectivity index (χ1) is 17.5. The molecule has 2 rings (SSSR count). The van der Waals surface area contributed by atoms with Gasteiger partial charge in [0.1, 0.15) is 19.6 Å². The fourth-order valence-electron chi connectivity index (χ4n) is 4.57. The molecule has 1 heterocycles. The van der Waals surface area contributed by atoms with Crippen LogP contribution in [0.3, 0.4) is 0 Å². The molecule has 0 radical (unpaired) electrons. The van der Waals surface area contributed by atoms with Crippen molar-refractivity contribution in [2.24, 2.45) is 0 Å². The van der Waals surface area contributed by atoms with Crippen LogP contribution < -0.4 is 0 Å². The van der Waals surface area contributed by atoms with Gasteiger partial charge in [-0.15, -0.1) is 0 Å². The Morgan fingerprint density at radius 3 is 1.47 bits per heavy atom. The summed E-state index contributed by atoms with van der Waals surface area (Å²) in [4.78, 5) is 66.4. The predicted octanol–water partition coefficient (Wildman–Crippen LogP) is -1.21. The van der Waals surface area contributed by atoms with Crippen molar-refractivity contribution in [3.8, 4) is 0 Å². The first-order valence-electron chi connectivity index (χ1n) is 12.3. The Labute approximate surface area is 253 Å². The van der Waals surface area contributed by atoms with Crippen molar-refractivity contribution in [3.05, 3.63) is 12.4 Å². The number of nitrogens with zero attached hydrogens (tertiary/aromatic N) is 5. The minimum Gasteiger partial charge on any atom is -0.480 e. The zero-order valence-corrected chi connectivity index (χ0v) is 23.5. The number of carboxylic acid groups (broad SMARTS) is 4. The Bertz CT molecular complexity index is 853. The second-order valence-corrected chi connectivity index (χ2v) is 9.33. The quantitative estimate of drug-likeness (QED) is 0.204. The second-order valence-electron chi connectivity index (χ2n) is 9.33. The van der Waals surface area contributed by atoms with Gasteiger partial charge >= 0.3 is 23.9 Å². The molecule has 0 bridgehead atoms. The van der Waals surface area contributed by atoms with Gasteiger partial charge in [-0.05, 0) is 12.8 Å². The summed E-state index contributed by atoms with van der Waals surface area (Å²) in [6, 6.07) is -0.133. The fourth-order valence-corrected chi connectivity index (χ4v) is 4.57. The maximum Gasteiger partial charge on any atom is 0.323 e. The van der Waals surface area contributed by atoms with Crippen LogP contribution in [0.5, 0.6) is 0 Å². The van der Waals surface area contributed by atoms with E-state index in [1.165, 1.54) is 27.1 Å². The Hall–Kier alpha value is -2.07. The zero-order valence-electron chi connectivity index (χ0n) is 21.3. The van der Waals surface area contributed by atoms with Gasteiger partial charge in [-0.25, -0.2) is 0 Å². The van der Waals surface area contributed by atoms with Crippen molar-refractivity contribution in [2.45, 2.75) is 31.7 Å². The molecule has 1 saturated carbocycles. The number of hydrogen-bond donors (Lipinski definition) is 4. The molecule has 1 amide bonds. The van der Waals surface area contributed by atoms with Gasteiger partial charge in [-0.1, -0.05) is 12.8 Å². The Kier molecular flexibility index (Phi) is 15.6. The van der Waals surface area contributed by atoms with E-state index in [2.05, 4.69) is 0 Å². The van der Waals surface area contributed by atoms with Crippen LogP contribution in [0.2, 0.25) is 0 Å². The summed E-state index contributed by atoms with van der Waals surface area (Å²) < 4.78 is 0. The molecule has 1 aliphatic heterocycles. The summed E-state index contributed by atoms with van der Waals surface area (Å²) >= 11 is 0. The molecule has 216 valence electrons. The van der Waals surface area contributed by atoms with Crippen LogP contribution in [-0.4, -0.2) is 153 Å². The van der Waals surface area contributed by atoms with E-state index in [1.807, 2.05) is 0 Å². The molecule has 2 aliphatic rings. The number of hydrogen-bond acceptors (Lipinski definition) is 9. The molecule has 38 heavy (non-hydrogen) atoms. The topological polar surface area (TPSA) is 182 Å². The van der Waals surface area contributed by atoms with E-state index in [-0.39, 0.29) is 117 Å². The number of rotatable bonds is 11. The van der Waals surface area contributed by atoms with Gasteiger partial charge in [-0.3, -0.25) is 33.8 Å². The predicted molar refractivity (Wildman–Crippen MR) is 130 cm³/mol. The van der Waals surface area contributed by atoms with E-state index in [4.69, 9.17) is 0 Å². The molecule has 15 heteroatoms. The molecular formula is C23H37GdN5O9. The van der Waals surface area contributed by atoms with E-state index >= 15 is 0 Å². The first kappa shape index (κ1) is 34.0. The Morgan fingerprint density at radius 2 is 1.05 bits per heavy atom. The average Bonchev–Trinajstić information content (AvgIpc) is 3.32. The van der Waals surface area contributed by atoms with Gasteiger partial charge in [0.05, 0.1) is 13.1 Å². The molecule has 1 fully saturated rings.